The Balaban J connectivity index is 4.51. The van der Waals surface area contributed by atoms with Crippen LogP contribution in [0.5, 0.6) is 0 Å². The number of aliphatic hydroxyl groups is 1. The number of carbonyl (C=O) groups excluding carboxylic acids is 3. The van der Waals surface area contributed by atoms with Gasteiger partial charge in [0.05, 0.1) is 0 Å². The summed E-state index contributed by atoms with van der Waals surface area (Å²) in [6.07, 6.45) is 3.53. The predicted molar refractivity (Wildman–Crippen MR) is 102 cm³/mol. The molecule has 2 amide bonds. The summed E-state index contributed by atoms with van der Waals surface area (Å²) in [4.78, 5) is 33.8. The quantitative estimate of drug-likeness (QED) is 0.0616. The van der Waals surface area contributed by atoms with E-state index in [1.54, 1.807) is 6.21 Å². The molecule has 10 nitrogen and oxygen atoms in total. The predicted octanol–water partition coefficient (Wildman–Crippen LogP) is -0.782. The summed E-state index contributed by atoms with van der Waals surface area (Å²) in [6, 6.07) is -0.115. The standard InChI is InChI=1S/C17H33N5O5/c1-12(2)20-14(8-13(10-23)15(11-24)27-3)9-19-22-17(26)7-5-4-6-16(25)21-18/h9,11-15,20,23H,4-8,10,18H2,1-3H3,(H,21,25)(H,22,26)/b19-9-/t13-,14?,15+/m1/s1. The molecular weight excluding hydrogens is 354 g/mol. The molecular formula is C17H33N5O5. The first-order chi connectivity index (χ1) is 12.9. The molecule has 0 aliphatic rings. The molecule has 0 aliphatic carbocycles. The van der Waals surface area contributed by atoms with E-state index in [-0.39, 0.29) is 49.3 Å². The zero-order chi connectivity index (χ0) is 20.7. The van der Waals surface area contributed by atoms with Gasteiger partial charge in [0.25, 0.3) is 0 Å². The van der Waals surface area contributed by atoms with Gasteiger partial charge >= 0.3 is 0 Å². The number of unbranched alkanes of at least 4 members (excludes halogenated alkanes) is 1. The third-order valence-corrected chi connectivity index (χ3v) is 3.87. The SMILES string of the molecule is CO[C@@H](C=O)[C@@H](CO)CC(/C=N\NC(=O)CCCCC(=O)NN)NC(C)C. The maximum Gasteiger partial charge on any atom is 0.240 e. The number of carbonyl (C=O) groups is 3. The van der Waals surface area contributed by atoms with E-state index in [2.05, 4.69) is 15.8 Å². The average Bonchev–Trinajstić information content (AvgIpc) is 2.64. The molecule has 10 heteroatoms. The Labute approximate surface area is 160 Å². The summed E-state index contributed by atoms with van der Waals surface area (Å²) in [5.41, 5.74) is 4.47. The van der Waals surface area contributed by atoms with E-state index >= 15 is 0 Å². The molecule has 0 fully saturated rings. The molecule has 0 heterocycles. The van der Waals surface area contributed by atoms with E-state index in [4.69, 9.17) is 10.6 Å². The van der Waals surface area contributed by atoms with Gasteiger partial charge in [-0.25, -0.2) is 11.3 Å². The average molecular weight is 387 g/mol. The summed E-state index contributed by atoms with van der Waals surface area (Å²) in [6.45, 7) is 3.71. The Morgan fingerprint density at radius 2 is 1.85 bits per heavy atom. The highest BCUT2D eigenvalue weighted by Crippen LogP contribution is 2.12. The van der Waals surface area contributed by atoms with Crippen LogP contribution in [-0.4, -0.2) is 61.3 Å². The number of hydrazine groups is 1. The van der Waals surface area contributed by atoms with Crippen molar-refractivity contribution in [3.8, 4) is 0 Å². The van der Waals surface area contributed by atoms with Crippen LogP contribution in [0.3, 0.4) is 0 Å². The van der Waals surface area contributed by atoms with Crippen LogP contribution in [0.2, 0.25) is 0 Å². The van der Waals surface area contributed by atoms with Gasteiger partial charge in [-0.15, -0.1) is 0 Å². The Morgan fingerprint density at radius 1 is 1.22 bits per heavy atom. The van der Waals surface area contributed by atoms with Crippen molar-refractivity contribution < 1.29 is 24.2 Å². The number of hydrogen-bond acceptors (Lipinski definition) is 8. The minimum Gasteiger partial charge on any atom is -0.396 e. The maximum atomic E-state index is 11.8. The van der Waals surface area contributed by atoms with Crippen LogP contribution in [0.1, 0.15) is 46.0 Å². The van der Waals surface area contributed by atoms with Crippen molar-refractivity contribution in [2.24, 2.45) is 16.9 Å². The first-order valence-electron chi connectivity index (χ1n) is 9.04. The fourth-order valence-corrected chi connectivity index (χ4v) is 2.50. The zero-order valence-electron chi connectivity index (χ0n) is 16.3. The number of hydrazone groups is 1. The van der Waals surface area contributed by atoms with Crippen molar-refractivity contribution in [2.45, 2.75) is 64.1 Å². The highest BCUT2D eigenvalue weighted by atomic mass is 16.5. The molecule has 0 saturated heterocycles. The zero-order valence-corrected chi connectivity index (χ0v) is 16.3. The summed E-state index contributed by atoms with van der Waals surface area (Å²) in [5.74, 6) is 4.06. The normalized spacial score (nSPS) is 14.7. The second kappa shape index (κ2) is 15.2. The molecule has 1 unspecified atom stereocenters. The lowest BCUT2D eigenvalue weighted by Gasteiger charge is -2.25. The van der Waals surface area contributed by atoms with Gasteiger partial charge < -0.3 is 20.0 Å². The van der Waals surface area contributed by atoms with Crippen molar-refractivity contribution in [3.05, 3.63) is 0 Å². The van der Waals surface area contributed by atoms with Crippen molar-refractivity contribution in [2.75, 3.05) is 13.7 Å². The first kappa shape index (κ1) is 25.1. The molecule has 3 atom stereocenters. The van der Waals surface area contributed by atoms with E-state index in [0.717, 1.165) is 0 Å². The summed E-state index contributed by atoms with van der Waals surface area (Å²) in [7, 11) is 1.41. The lowest BCUT2D eigenvalue weighted by Crippen LogP contribution is -2.41. The van der Waals surface area contributed by atoms with Crippen molar-refractivity contribution >= 4 is 24.3 Å². The van der Waals surface area contributed by atoms with E-state index < -0.39 is 6.10 Å². The van der Waals surface area contributed by atoms with Gasteiger partial charge in [-0.2, -0.15) is 5.10 Å². The molecule has 156 valence electrons. The lowest BCUT2D eigenvalue weighted by molar-refractivity contribution is -0.123. The van der Waals surface area contributed by atoms with Gasteiger partial charge in [-0.1, -0.05) is 13.8 Å². The number of amides is 2. The van der Waals surface area contributed by atoms with Crippen molar-refractivity contribution in [1.29, 1.82) is 0 Å². The molecule has 0 bridgehead atoms. The van der Waals surface area contributed by atoms with E-state index in [9.17, 15) is 19.5 Å². The molecule has 0 aromatic heterocycles. The van der Waals surface area contributed by atoms with Crippen LogP contribution < -0.4 is 22.0 Å². The van der Waals surface area contributed by atoms with Gasteiger partial charge in [0.2, 0.25) is 11.8 Å². The molecule has 27 heavy (non-hydrogen) atoms. The summed E-state index contributed by atoms with van der Waals surface area (Å²) in [5, 5.41) is 16.7. The molecule has 0 aromatic rings. The first-order valence-corrected chi connectivity index (χ1v) is 9.04. The number of nitrogens with one attached hydrogen (secondary N) is 3. The van der Waals surface area contributed by atoms with Gasteiger partial charge in [0.15, 0.2) is 0 Å². The Kier molecular flexibility index (Phi) is 14.1. The molecule has 0 rings (SSSR count). The van der Waals surface area contributed by atoms with Crippen LogP contribution in [0.15, 0.2) is 5.10 Å². The van der Waals surface area contributed by atoms with Crippen LogP contribution in [0.4, 0.5) is 0 Å². The van der Waals surface area contributed by atoms with Gasteiger partial charge in [0.1, 0.15) is 12.4 Å². The van der Waals surface area contributed by atoms with Gasteiger partial charge in [0, 0.05) is 50.8 Å². The summed E-state index contributed by atoms with van der Waals surface area (Å²) < 4.78 is 5.07. The summed E-state index contributed by atoms with van der Waals surface area (Å²) >= 11 is 0. The smallest absolute Gasteiger partial charge is 0.240 e. The highest BCUT2D eigenvalue weighted by molar-refractivity contribution is 5.77. The van der Waals surface area contributed by atoms with E-state index in [1.165, 1.54) is 7.11 Å². The molecule has 0 aliphatic heterocycles. The third-order valence-electron chi connectivity index (χ3n) is 3.87. The topological polar surface area (TPSA) is 155 Å². The maximum absolute atomic E-state index is 11.8. The molecule has 0 saturated carbocycles. The van der Waals surface area contributed by atoms with E-state index in [1.807, 2.05) is 19.3 Å². The van der Waals surface area contributed by atoms with Crippen molar-refractivity contribution in [1.82, 2.24) is 16.2 Å². The highest BCUT2D eigenvalue weighted by Gasteiger charge is 2.23. The number of rotatable bonds is 15. The van der Waals surface area contributed by atoms with Crippen molar-refractivity contribution in [3.63, 3.8) is 0 Å². The largest absolute Gasteiger partial charge is 0.396 e. The minimum atomic E-state index is -0.708. The number of ether oxygens (including phenoxy) is 1. The fraction of sp³-hybridized carbons (Fsp3) is 0.765. The van der Waals surface area contributed by atoms with Crippen LogP contribution in [-0.2, 0) is 19.1 Å². The van der Waals surface area contributed by atoms with Crippen LogP contribution >= 0.6 is 0 Å². The van der Waals surface area contributed by atoms with Gasteiger partial charge in [-0.3, -0.25) is 15.0 Å². The van der Waals surface area contributed by atoms with E-state index in [0.29, 0.717) is 25.5 Å². The minimum absolute atomic E-state index is 0.141. The number of nitrogens with zero attached hydrogens (tertiary/aromatic N) is 1. The molecule has 0 radical (unpaired) electrons. The number of aldehydes is 1. The Morgan fingerprint density at radius 3 is 2.33 bits per heavy atom. The second-order valence-corrected chi connectivity index (χ2v) is 6.53. The number of hydrogen-bond donors (Lipinski definition) is 5. The number of methoxy groups -OCH3 is 1. The fourth-order valence-electron chi connectivity index (χ4n) is 2.50. The van der Waals surface area contributed by atoms with Gasteiger partial charge in [-0.05, 0) is 19.3 Å². The van der Waals surface area contributed by atoms with Crippen LogP contribution in [0.25, 0.3) is 0 Å². The Bertz CT molecular complexity index is 473. The van der Waals surface area contributed by atoms with Crippen LogP contribution in [0, 0.1) is 5.92 Å². The Hall–Kier alpha value is -1.88. The number of aliphatic hydroxyl groups excluding tert-OH is 1. The monoisotopic (exact) mass is 387 g/mol. The number of nitrogens with two attached hydrogens (primary N) is 1. The third kappa shape index (κ3) is 12.2. The lowest BCUT2D eigenvalue weighted by atomic mass is 9.95. The molecule has 0 spiro atoms. The molecule has 6 N–H and O–H groups in total. The second-order valence-electron chi connectivity index (χ2n) is 6.53. The molecule has 0 aromatic carbocycles.